The van der Waals surface area contributed by atoms with E-state index in [1.807, 2.05) is 0 Å². The molecule has 1 heterocycles. The number of hydrogen-bond acceptors (Lipinski definition) is 4. The van der Waals surface area contributed by atoms with E-state index in [1.54, 1.807) is 6.07 Å². The molecule has 0 aromatic carbocycles. The van der Waals surface area contributed by atoms with Gasteiger partial charge in [-0.05, 0) is 17.6 Å². The molecule has 1 aromatic rings. The van der Waals surface area contributed by atoms with E-state index in [4.69, 9.17) is 9.84 Å². The number of carboxylic acid groups (broad SMARTS) is 1. The Morgan fingerprint density at radius 3 is 3.08 bits per heavy atom. The SMILES string of the molecule is COc1cc(C=CC(=O)O)sn1. The van der Waals surface area contributed by atoms with Gasteiger partial charge in [0, 0.05) is 12.1 Å². The van der Waals surface area contributed by atoms with Crippen molar-refractivity contribution in [2.24, 2.45) is 0 Å². The molecule has 0 amide bonds. The first-order valence-corrected chi connectivity index (χ1v) is 3.91. The highest BCUT2D eigenvalue weighted by Gasteiger charge is 1.97. The Morgan fingerprint density at radius 2 is 2.58 bits per heavy atom. The first kappa shape index (κ1) is 8.73. The average molecular weight is 185 g/mol. The van der Waals surface area contributed by atoms with E-state index >= 15 is 0 Å². The largest absolute Gasteiger partial charge is 0.480 e. The molecule has 12 heavy (non-hydrogen) atoms. The van der Waals surface area contributed by atoms with E-state index in [2.05, 4.69) is 4.37 Å². The lowest BCUT2D eigenvalue weighted by atomic mass is 10.4. The van der Waals surface area contributed by atoms with Crippen molar-refractivity contribution in [1.82, 2.24) is 4.37 Å². The molecule has 0 unspecified atom stereocenters. The van der Waals surface area contributed by atoms with Crippen molar-refractivity contribution in [3.8, 4) is 5.88 Å². The number of nitrogens with zero attached hydrogens (tertiary/aromatic N) is 1. The van der Waals surface area contributed by atoms with Gasteiger partial charge < -0.3 is 9.84 Å². The van der Waals surface area contributed by atoms with Crippen LogP contribution in [0.25, 0.3) is 6.08 Å². The molecule has 0 aliphatic rings. The summed E-state index contributed by atoms with van der Waals surface area (Å²) in [6, 6.07) is 1.67. The molecule has 0 aliphatic carbocycles. The Labute approximate surface area is 73.3 Å². The average Bonchev–Trinajstić information content (AvgIpc) is 2.48. The fraction of sp³-hybridized carbons (Fsp3) is 0.143. The van der Waals surface area contributed by atoms with E-state index in [-0.39, 0.29) is 0 Å². The fourth-order valence-electron chi connectivity index (χ4n) is 0.600. The Hall–Kier alpha value is -1.36. The second kappa shape index (κ2) is 3.87. The van der Waals surface area contributed by atoms with Crippen LogP contribution in [0.15, 0.2) is 12.1 Å². The third kappa shape index (κ3) is 2.35. The van der Waals surface area contributed by atoms with Crippen molar-refractivity contribution in [2.75, 3.05) is 7.11 Å². The van der Waals surface area contributed by atoms with Gasteiger partial charge in [0.05, 0.1) is 12.0 Å². The van der Waals surface area contributed by atoms with Gasteiger partial charge in [0.15, 0.2) is 0 Å². The van der Waals surface area contributed by atoms with Crippen molar-refractivity contribution in [2.45, 2.75) is 0 Å². The highest BCUT2D eigenvalue weighted by molar-refractivity contribution is 7.06. The molecule has 1 N–H and O–H groups in total. The van der Waals surface area contributed by atoms with Gasteiger partial charge in [-0.2, -0.15) is 4.37 Å². The third-order valence-electron chi connectivity index (χ3n) is 1.11. The second-order valence-corrected chi connectivity index (χ2v) is 2.78. The lowest BCUT2D eigenvalue weighted by molar-refractivity contribution is -0.131. The van der Waals surface area contributed by atoms with Crippen molar-refractivity contribution in [3.05, 3.63) is 17.0 Å². The van der Waals surface area contributed by atoms with Gasteiger partial charge in [0.1, 0.15) is 0 Å². The minimum atomic E-state index is -0.970. The van der Waals surface area contributed by atoms with Crippen molar-refractivity contribution in [1.29, 1.82) is 0 Å². The lowest BCUT2D eigenvalue weighted by Crippen LogP contribution is -1.84. The minimum absolute atomic E-state index is 0.505. The Bertz CT molecular complexity index is 305. The molecule has 0 fully saturated rings. The fourth-order valence-corrected chi connectivity index (χ4v) is 1.21. The van der Waals surface area contributed by atoms with Crippen LogP contribution in [0.3, 0.4) is 0 Å². The summed E-state index contributed by atoms with van der Waals surface area (Å²) >= 11 is 1.19. The second-order valence-electron chi connectivity index (χ2n) is 1.94. The van der Waals surface area contributed by atoms with E-state index in [1.165, 1.54) is 24.7 Å². The maximum atomic E-state index is 10.1. The van der Waals surface area contributed by atoms with Gasteiger partial charge in [0.2, 0.25) is 5.88 Å². The molecular formula is C7H7NO3S. The number of aliphatic carboxylic acids is 1. The zero-order valence-corrected chi connectivity index (χ0v) is 7.17. The maximum Gasteiger partial charge on any atom is 0.328 e. The Kier molecular flexibility index (Phi) is 2.82. The number of rotatable bonds is 3. The summed E-state index contributed by atoms with van der Waals surface area (Å²) in [5.41, 5.74) is 0. The van der Waals surface area contributed by atoms with Crippen molar-refractivity contribution >= 4 is 23.6 Å². The lowest BCUT2D eigenvalue weighted by Gasteiger charge is -1.85. The molecule has 5 heteroatoms. The molecule has 0 saturated carbocycles. The molecule has 1 aromatic heterocycles. The first-order chi connectivity index (χ1) is 5.72. The molecular weight excluding hydrogens is 178 g/mol. The van der Waals surface area contributed by atoms with E-state index in [0.29, 0.717) is 5.88 Å². The molecule has 0 atom stereocenters. The van der Waals surface area contributed by atoms with Crippen molar-refractivity contribution in [3.63, 3.8) is 0 Å². The summed E-state index contributed by atoms with van der Waals surface area (Å²) in [6.07, 6.45) is 2.54. The molecule has 0 radical (unpaired) electrons. The number of hydrogen-bond donors (Lipinski definition) is 1. The predicted molar refractivity (Wildman–Crippen MR) is 45.3 cm³/mol. The molecule has 0 aliphatic heterocycles. The molecule has 0 bridgehead atoms. The quantitative estimate of drug-likeness (QED) is 0.720. The van der Waals surface area contributed by atoms with E-state index in [0.717, 1.165) is 11.0 Å². The zero-order valence-electron chi connectivity index (χ0n) is 6.35. The van der Waals surface area contributed by atoms with Crippen LogP contribution in [0.4, 0.5) is 0 Å². The highest BCUT2D eigenvalue weighted by Crippen LogP contribution is 2.16. The molecule has 0 saturated heterocycles. The first-order valence-electron chi connectivity index (χ1n) is 3.14. The van der Waals surface area contributed by atoms with Gasteiger partial charge in [-0.25, -0.2) is 4.79 Å². The van der Waals surface area contributed by atoms with Gasteiger partial charge in [-0.1, -0.05) is 0 Å². The summed E-state index contributed by atoms with van der Waals surface area (Å²) in [5.74, 6) is -0.465. The summed E-state index contributed by atoms with van der Waals surface area (Å²) < 4.78 is 8.71. The zero-order chi connectivity index (χ0) is 8.97. The van der Waals surface area contributed by atoms with Gasteiger partial charge in [-0.15, -0.1) is 0 Å². The third-order valence-corrected chi connectivity index (χ3v) is 1.84. The van der Waals surface area contributed by atoms with Gasteiger partial charge in [-0.3, -0.25) is 0 Å². The number of carbonyl (C=O) groups is 1. The minimum Gasteiger partial charge on any atom is -0.480 e. The van der Waals surface area contributed by atoms with Crippen molar-refractivity contribution < 1.29 is 14.6 Å². The number of aromatic nitrogens is 1. The topological polar surface area (TPSA) is 59.4 Å². The highest BCUT2D eigenvalue weighted by atomic mass is 32.1. The van der Waals surface area contributed by atoms with Gasteiger partial charge in [0.25, 0.3) is 0 Å². The van der Waals surface area contributed by atoms with Crippen LogP contribution < -0.4 is 4.74 Å². The molecule has 4 nitrogen and oxygen atoms in total. The number of carboxylic acids is 1. The molecule has 1 rings (SSSR count). The van der Waals surface area contributed by atoms with Gasteiger partial charge >= 0.3 is 5.97 Å². The van der Waals surface area contributed by atoms with Crippen LogP contribution in [-0.2, 0) is 4.79 Å². The van der Waals surface area contributed by atoms with Crippen LogP contribution in [0.5, 0.6) is 5.88 Å². The Balaban J connectivity index is 2.70. The summed E-state index contributed by atoms with van der Waals surface area (Å²) in [4.78, 5) is 10.9. The number of methoxy groups -OCH3 is 1. The summed E-state index contributed by atoms with van der Waals surface area (Å²) in [5, 5.41) is 8.30. The molecule has 64 valence electrons. The molecule has 0 spiro atoms. The van der Waals surface area contributed by atoms with Crippen LogP contribution in [0.2, 0.25) is 0 Å². The predicted octanol–water partition coefficient (Wildman–Crippen LogP) is 1.25. The normalized spacial score (nSPS) is 10.4. The maximum absolute atomic E-state index is 10.1. The summed E-state index contributed by atoms with van der Waals surface area (Å²) in [7, 11) is 1.51. The van der Waals surface area contributed by atoms with Crippen LogP contribution in [-0.4, -0.2) is 22.6 Å². The standard InChI is InChI=1S/C7H7NO3S/c1-11-6-4-5(12-8-6)2-3-7(9)10/h2-4H,1H3,(H,9,10). The smallest absolute Gasteiger partial charge is 0.328 e. The Morgan fingerprint density at radius 1 is 1.83 bits per heavy atom. The number of ether oxygens (including phenoxy) is 1. The van der Waals surface area contributed by atoms with Crippen LogP contribution >= 0.6 is 11.5 Å². The van der Waals surface area contributed by atoms with E-state index < -0.39 is 5.97 Å². The monoisotopic (exact) mass is 185 g/mol. The van der Waals surface area contributed by atoms with Crippen LogP contribution in [0.1, 0.15) is 4.88 Å². The summed E-state index contributed by atoms with van der Waals surface area (Å²) in [6.45, 7) is 0. The van der Waals surface area contributed by atoms with Crippen LogP contribution in [0, 0.1) is 0 Å². The van der Waals surface area contributed by atoms with E-state index in [9.17, 15) is 4.79 Å².